The molecule has 1 aromatic carbocycles. The molecule has 1 amide bonds. The first kappa shape index (κ1) is 17.3. The highest BCUT2D eigenvalue weighted by molar-refractivity contribution is 7.21. The fourth-order valence-corrected chi connectivity index (χ4v) is 4.65. The van der Waals surface area contributed by atoms with Gasteiger partial charge in [0.2, 0.25) is 0 Å². The topological polar surface area (TPSA) is 68.0 Å². The smallest absolute Gasteiger partial charge is 0.263 e. The summed E-state index contributed by atoms with van der Waals surface area (Å²) in [6, 6.07) is 9.80. The van der Waals surface area contributed by atoms with Crippen LogP contribution in [0.25, 0.3) is 10.2 Å². The van der Waals surface area contributed by atoms with E-state index in [-0.39, 0.29) is 5.91 Å². The first-order chi connectivity index (χ1) is 12.6. The maximum atomic E-state index is 12.6. The molecule has 3 aromatic rings. The van der Waals surface area contributed by atoms with Crippen LogP contribution in [0.3, 0.4) is 0 Å². The minimum absolute atomic E-state index is 0.134. The molecule has 0 saturated heterocycles. The van der Waals surface area contributed by atoms with E-state index >= 15 is 0 Å². The number of carbonyl (C=O) groups is 1. The Hall–Kier alpha value is -2.11. The summed E-state index contributed by atoms with van der Waals surface area (Å²) in [7, 11) is 0. The third kappa shape index (κ3) is 3.41. The van der Waals surface area contributed by atoms with Crippen LogP contribution < -0.4 is 11.1 Å². The van der Waals surface area contributed by atoms with E-state index in [1.165, 1.54) is 29.7 Å². The predicted molar refractivity (Wildman–Crippen MR) is 108 cm³/mol. The van der Waals surface area contributed by atoms with Crippen LogP contribution in [-0.2, 0) is 19.3 Å². The summed E-state index contributed by atoms with van der Waals surface area (Å²) in [5, 5.41) is 4.58. The first-order valence-electron chi connectivity index (χ1n) is 8.85. The van der Waals surface area contributed by atoms with Crippen LogP contribution in [0, 0.1) is 0 Å². The third-order valence-electron chi connectivity index (χ3n) is 4.79. The maximum absolute atomic E-state index is 12.6. The average Bonchev–Trinajstić information content (AvgIpc) is 2.96. The Bertz CT molecular complexity index is 983. The van der Waals surface area contributed by atoms with Gasteiger partial charge in [-0.05, 0) is 61.4 Å². The quantitative estimate of drug-likeness (QED) is 0.700. The number of nitrogen functional groups attached to an aromatic ring is 1. The van der Waals surface area contributed by atoms with Crippen molar-refractivity contribution in [1.29, 1.82) is 0 Å². The molecule has 3 N–H and O–H groups in total. The van der Waals surface area contributed by atoms with E-state index in [1.54, 1.807) is 0 Å². The number of nitrogens with two attached hydrogens (primary N) is 1. The van der Waals surface area contributed by atoms with E-state index in [9.17, 15) is 4.79 Å². The Labute approximate surface area is 161 Å². The lowest BCUT2D eigenvalue weighted by atomic mass is 9.95. The number of thiophene rings is 1. The van der Waals surface area contributed by atoms with Crippen molar-refractivity contribution in [1.82, 2.24) is 10.3 Å². The summed E-state index contributed by atoms with van der Waals surface area (Å²) in [5.41, 5.74) is 10.4. The number of aromatic nitrogens is 1. The Kier molecular flexibility index (Phi) is 4.83. The predicted octanol–water partition coefficient (Wildman–Crippen LogP) is 4.38. The van der Waals surface area contributed by atoms with Crippen LogP contribution in [0.5, 0.6) is 0 Å². The summed E-state index contributed by atoms with van der Waals surface area (Å²) in [6.45, 7) is 0.538. The van der Waals surface area contributed by atoms with Crippen LogP contribution in [0.1, 0.15) is 39.3 Å². The number of hydrogen-bond acceptors (Lipinski definition) is 4. The van der Waals surface area contributed by atoms with Crippen LogP contribution in [-0.4, -0.2) is 17.4 Å². The van der Waals surface area contributed by atoms with Crippen molar-refractivity contribution >= 4 is 44.7 Å². The molecule has 0 atom stereocenters. The summed E-state index contributed by atoms with van der Waals surface area (Å²) >= 11 is 7.38. The fourth-order valence-electron chi connectivity index (χ4n) is 3.42. The molecular weight excluding hydrogens is 366 g/mol. The zero-order valence-corrected chi connectivity index (χ0v) is 15.9. The van der Waals surface area contributed by atoms with E-state index in [0.717, 1.165) is 40.7 Å². The van der Waals surface area contributed by atoms with Crippen LogP contribution in [0.4, 0.5) is 5.69 Å². The molecule has 0 fully saturated rings. The highest BCUT2D eigenvalue weighted by atomic mass is 35.5. The molecule has 0 unspecified atom stereocenters. The van der Waals surface area contributed by atoms with Gasteiger partial charge in [0.05, 0.1) is 5.69 Å². The van der Waals surface area contributed by atoms with Gasteiger partial charge in [-0.25, -0.2) is 4.98 Å². The molecule has 26 heavy (non-hydrogen) atoms. The number of pyridine rings is 1. The monoisotopic (exact) mass is 385 g/mol. The normalized spacial score (nSPS) is 13.6. The summed E-state index contributed by atoms with van der Waals surface area (Å²) < 4.78 is 0. The van der Waals surface area contributed by atoms with E-state index in [1.807, 2.05) is 24.3 Å². The van der Waals surface area contributed by atoms with Crippen molar-refractivity contribution in [2.24, 2.45) is 0 Å². The van der Waals surface area contributed by atoms with Gasteiger partial charge in [0.15, 0.2) is 0 Å². The number of benzene rings is 1. The molecule has 1 aliphatic carbocycles. The molecule has 134 valence electrons. The lowest BCUT2D eigenvalue weighted by Crippen LogP contribution is -2.25. The van der Waals surface area contributed by atoms with Gasteiger partial charge in [-0.2, -0.15) is 0 Å². The van der Waals surface area contributed by atoms with E-state index in [2.05, 4.69) is 11.4 Å². The lowest BCUT2D eigenvalue weighted by molar-refractivity contribution is 0.0959. The molecule has 4 rings (SSSR count). The van der Waals surface area contributed by atoms with Gasteiger partial charge in [0, 0.05) is 22.6 Å². The molecule has 0 radical (unpaired) electrons. The van der Waals surface area contributed by atoms with E-state index in [4.69, 9.17) is 22.3 Å². The number of rotatable bonds is 4. The Balaban J connectivity index is 1.50. The second kappa shape index (κ2) is 7.25. The summed E-state index contributed by atoms with van der Waals surface area (Å²) in [4.78, 5) is 18.8. The summed E-state index contributed by atoms with van der Waals surface area (Å²) in [6.07, 6.45) is 5.17. The lowest BCUT2D eigenvalue weighted by Gasteiger charge is -2.14. The van der Waals surface area contributed by atoms with Crippen LogP contribution in [0.2, 0.25) is 5.02 Å². The molecule has 2 aromatic heterocycles. The van der Waals surface area contributed by atoms with Crippen molar-refractivity contribution in [2.45, 2.75) is 32.1 Å². The van der Waals surface area contributed by atoms with Gasteiger partial charge in [-0.15, -0.1) is 11.3 Å². The molecular formula is C20H20ClN3OS. The second-order valence-electron chi connectivity index (χ2n) is 6.63. The Morgan fingerprint density at radius 3 is 2.96 bits per heavy atom. The zero-order valence-electron chi connectivity index (χ0n) is 14.3. The molecule has 4 nitrogen and oxygen atoms in total. The van der Waals surface area contributed by atoms with E-state index < -0.39 is 0 Å². The summed E-state index contributed by atoms with van der Waals surface area (Å²) in [5.74, 6) is -0.134. The molecule has 0 aliphatic heterocycles. The zero-order chi connectivity index (χ0) is 18.1. The molecule has 0 bridgehead atoms. The number of nitrogens with zero attached hydrogens (tertiary/aromatic N) is 1. The van der Waals surface area contributed by atoms with Crippen LogP contribution >= 0.6 is 22.9 Å². The van der Waals surface area contributed by atoms with E-state index in [0.29, 0.717) is 22.1 Å². The number of carbonyl (C=O) groups excluding carboxylic acids is 1. The number of aryl methyl sites for hydroxylation is 2. The van der Waals surface area contributed by atoms with Crippen LogP contribution in [0.15, 0.2) is 30.3 Å². The number of nitrogens with one attached hydrogen (secondary N) is 1. The molecule has 2 heterocycles. The number of hydrogen-bond donors (Lipinski definition) is 2. The minimum Gasteiger partial charge on any atom is -0.397 e. The fraction of sp³-hybridized carbons (Fsp3) is 0.300. The van der Waals surface area contributed by atoms with Gasteiger partial charge >= 0.3 is 0 Å². The molecule has 0 saturated carbocycles. The highest BCUT2D eigenvalue weighted by Gasteiger charge is 2.20. The minimum atomic E-state index is -0.134. The number of fused-ring (bicyclic) bond motifs is 2. The Morgan fingerprint density at radius 2 is 2.12 bits per heavy atom. The van der Waals surface area contributed by atoms with Gasteiger partial charge in [0.25, 0.3) is 5.91 Å². The van der Waals surface area contributed by atoms with Gasteiger partial charge < -0.3 is 11.1 Å². The Morgan fingerprint density at radius 1 is 1.27 bits per heavy atom. The average molecular weight is 386 g/mol. The van der Waals surface area contributed by atoms with Gasteiger partial charge in [-0.1, -0.05) is 23.7 Å². The van der Waals surface area contributed by atoms with Crippen molar-refractivity contribution < 1.29 is 4.79 Å². The van der Waals surface area contributed by atoms with Crippen molar-refractivity contribution in [3.63, 3.8) is 0 Å². The standard InChI is InChI=1S/C20H20ClN3OS/c21-14-6-3-4-12(10-14)8-9-23-19(25)18-17(22)15-11-13-5-1-2-7-16(13)24-20(15)26-18/h3-4,6,10-11H,1-2,5,7-9,22H2,(H,23,25). The number of halogens is 1. The largest absolute Gasteiger partial charge is 0.397 e. The molecule has 0 spiro atoms. The van der Waals surface area contributed by atoms with Gasteiger partial charge in [-0.3, -0.25) is 4.79 Å². The first-order valence-corrected chi connectivity index (χ1v) is 10.0. The SMILES string of the molecule is Nc1c(C(=O)NCCc2cccc(Cl)c2)sc2nc3c(cc12)CCCC3. The molecule has 6 heteroatoms. The maximum Gasteiger partial charge on any atom is 0.263 e. The number of anilines is 1. The third-order valence-corrected chi connectivity index (χ3v) is 6.14. The van der Waals surface area contributed by atoms with Crippen molar-refractivity contribution in [3.8, 4) is 0 Å². The number of amides is 1. The van der Waals surface area contributed by atoms with Gasteiger partial charge in [0.1, 0.15) is 9.71 Å². The van der Waals surface area contributed by atoms with Crippen molar-refractivity contribution in [2.75, 3.05) is 12.3 Å². The second-order valence-corrected chi connectivity index (χ2v) is 8.07. The highest BCUT2D eigenvalue weighted by Crippen LogP contribution is 2.35. The molecule has 1 aliphatic rings. The van der Waals surface area contributed by atoms with Crippen molar-refractivity contribution in [3.05, 3.63) is 57.1 Å².